The van der Waals surface area contributed by atoms with Crippen molar-refractivity contribution in [3.8, 4) is 0 Å². The van der Waals surface area contributed by atoms with E-state index in [4.69, 9.17) is 4.74 Å². The summed E-state index contributed by atoms with van der Waals surface area (Å²) in [5.41, 5.74) is -1.83. The predicted molar refractivity (Wildman–Crippen MR) is 111 cm³/mol. The summed E-state index contributed by atoms with van der Waals surface area (Å²) >= 11 is 0. The third kappa shape index (κ3) is 3.32. The number of ether oxygens (including phenoxy) is 1. The number of likely N-dealkylation sites (tertiary alicyclic amines) is 1. The van der Waals surface area contributed by atoms with E-state index in [1.165, 1.54) is 4.90 Å². The van der Waals surface area contributed by atoms with Gasteiger partial charge in [0.2, 0.25) is 17.7 Å². The van der Waals surface area contributed by atoms with E-state index in [0.717, 1.165) is 19.3 Å². The molecule has 0 aliphatic carbocycles. The monoisotopic (exact) mass is 423 g/mol. The third-order valence-electron chi connectivity index (χ3n) is 7.35. The quantitative estimate of drug-likeness (QED) is 0.509. The highest BCUT2D eigenvalue weighted by Crippen LogP contribution is 2.65. The Kier molecular flexibility index (Phi) is 6.49. The Labute approximate surface area is 179 Å². The normalized spacial score (nSPS) is 37.9. The number of nitrogens with one attached hydrogen (secondary N) is 2. The van der Waals surface area contributed by atoms with Gasteiger partial charge in [0.05, 0.1) is 24.0 Å². The molecule has 3 N–H and O–H groups in total. The number of hydrogen-bond donors (Lipinski definition) is 3. The number of carbonyl (C=O) groups is 3. The lowest BCUT2D eigenvalue weighted by atomic mass is 9.62. The number of carbonyl (C=O) groups excluding carboxylic acids is 3. The van der Waals surface area contributed by atoms with E-state index >= 15 is 0 Å². The molecule has 3 saturated heterocycles. The minimum atomic E-state index is -1.04. The van der Waals surface area contributed by atoms with Crippen LogP contribution in [0.3, 0.4) is 0 Å². The van der Waals surface area contributed by atoms with Gasteiger partial charge in [-0.1, -0.05) is 27.2 Å². The van der Waals surface area contributed by atoms with E-state index in [2.05, 4.69) is 17.6 Å². The zero-order valence-corrected chi connectivity index (χ0v) is 18.9. The third-order valence-corrected chi connectivity index (χ3v) is 7.35. The Morgan fingerprint density at radius 1 is 1.30 bits per heavy atom. The summed E-state index contributed by atoms with van der Waals surface area (Å²) in [6.45, 7) is 10.2. The van der Waals surface area contributed by atoms with Crippen LogP contribution in [0.25, 0.3) is 0 Å². The zero-order chi connectivity index (χ0) is 22.3. The van der Waals surface area contributed by atoms with E-state index < -0.39 is 29.1 Å². The average Bonchev–Trinajstić information content (AvgIpc) is 3.18. The van der Waals surface area contributed by atoms with Crippen LogP contribution in [0, 0.1) is 17.8 Å². The molecule has 170 valence electrons. The van der Waals surface area contributed by atoms with Crippen molar-refractivity contribution in [2.75, 3.05) is 19.7 Å². The van der Waals surface area contributed by atoms with Crippen LogP contribution in [0.5, 0.6) is 0 Å². The summed E-state index contributed by atoms with van der Waals surface area (Å²) in [6, 6.07) is -0.867. The maximum Gasteiger partial charge on any atom is 0.246 e. The van der Waals surface area contributed by atoms with Crippen LogP contribution in [0.15, 0.2) is 0 Å². The highest BCUT2D eigenvalue weighted by Gasteiger charge is 2.79. The molecule has 3 fully saturated rings. The second-order valence-corrected chi connectivity index (χ2v) is 9.45. The largest absolute Gasteiger partial charge is 0.395 e. The van der Waals surface area contributed by atoms with Crippen LogP contribution in [0.4, 0.5) is 0 Å². The Morgan fingerprint density at radius 3 is 2.60 bits per heavy atom. The van der Waals surface area contributed by atoms with Gasteiger partial charge in [-0.15, -0.1) is 0 Å². The van der Waals surface area contributed by atoms with Gasteiger partial charge in [0, 0.05) is 19.1 Å². The Balaban J connectivity index is 2.00. The number of aliphatic hydroxyl groups excluding tert-OH is 1. The lowest BCUT2D eigenvalue weighted by Gasteiger charge is -2.36. The second-order valence-electron chi connectivity index (χ2n) is 9.45. The van der Waals surface area contributed by atoms with Crippen LogP contribution >= 0.6 is 0 Å². The van der Waals surface area contributed by atoms with Gasteiger partial charge >= 0.3 is 0 Å². The lowest BCUT2D eigenvalue weighted by molar-refractivity contribution is -0.148. The number of rotatable bonds is 9. The van der Waals surface area contributed by atoms with E-state index in [1.807, 2.05) is 27.7 Å². The van der Waals surface area contributed by atoms with Crippen molar-refractivity contribution in [2.24, 2.45) is 17.8 Å². The molecule has 7 atom stereocenters. The second kappa shape index (κ2) is 8.46. The number of amides is 3. The molecule has 4 unspecified atom stereocenters. The van der Waals surface area contributed by atoms with Crippen molar-refractivity contribution in [2.45, 2.75) is 83.6 Å². The molecule has 0 aromatic carbocycles. The molecule has 0 aromatic rings. The van der Waals surface area contributed by atoms with Crippen LogP contribution in [0.2, 0.25) is 0 Å². The Bertz CT molecular complexity index is 700. The highest BCUT2D eigenvalue weighted by molar-refractivity contribution is 5.99. The molecule has 30 heavy (non-hydrogen) atoms. The minimum Gasteiger partial charge on any atom is -0.395 e. The van der Waals surface area contributed by atoms with E-state index in [9.17, 15) is 19.5 Å². The molecular weight excluding hydrogens is 386 g/mol. The minimum absolute atomic E-state index is 0.0244. The summed E-state index contributed by atoms with van der Waals surface area (Å²) in [5, 5.41) is 15.6. The van der Waals surface area contributed by atoms with Crippen LogP contribution in [0.1, 0.15) is 60.3 Å². The first-order valence-corrected chi connectivity index (χ1v) is 11.4. The summed E-state index contributed by atoms with van der Waals surface area (Å²) in [4.78, 5) is 41.4. The van der Waals surface area contributed by atoms with Crippen LogP contribution in [-0.4, -0.2) is 70.7 Å². The van der Waals surface area contributed by atoms with Crippen molar-refractivity contribution >= 4 is 17.7 Å². The molecule has 3 aliphatic heterocycles. The molecule has 3 amide bonds. The van der Waals surface area contributed by atoms with Gasteiger partial charge in [0.1, 0.15) is 11.6 Å². The summed E-state index contributed by atoms with van der Waals surface area (Å²) in [7, 11) is 0. The zero-order valence-electron chi connectivity index (χ0n) is 18.9. The number of β-amino-alcohol motifs (C(OH)–C–C–N with tert-alkyl or cyclic N) is 1. The molecule has 3 heterocycles. The van der Waals surface area contributed by atoms with Gasteiger partial charge in [-0.25, -0.2) is 0 Å². The van der Waals surface area contributed by atoms with Crippen LogP contribution < -0.4 is 10.6 Å². The van der Waals surface area contributed by atoms with E-state index in [1.54, 1.807) is 0 Å². The molecular formula is C22H37N3O5. The van der Waals surface area contributed by atoms with Gasteiger partial charge in [0.15, 0.2) is 0 Å². The average molecular weight is 424 g/mol. The van der Waals surface area contributed by atoms with Gasteiger partial charge in [-0.05, 0) is 39.0 Å². The van der Waals surface area contributed by atoms with Crippen molar-refractivity contribution in [1.82, 2.24) is 15.5 Å². The van der Waals surface area contributed by atoms with Crippen molar-refractivity contribution in [3.05, 3.63) is 0 Å². The predicted octanol–water partition coefficient (Wildman–Crippen LogP) is 0.820. The first-order valence-electron chi connectivity index (χ1n) is 11.4. The molecule has 0 radical (unpaired) electrons. The molecule has 2 bridgehead atoms. The van der Waals surface area contributed by atoms with E-state index in [-0.39, 0.29) is 42.8 Å². The SMILES string of the molecule is CCCNC(=O)[C@@H]1[C@H]2C(=O)N(CCO)C(C(=O)NC(C)CCC)C23CC(C)[C@@]1(C)O3. The molecule has 8 nitrogen and oxygen atoms in total. The summed E-state index contributed by atoms with van der Waals surface area (Å²) < 4.78 is 6.55. The molecule has 3 aliphatic rings. The lowest BCUT2D eigenvalue weighted by Crippen LogP contribution is -2.57. The first-order chi connectivity index (χ1) is 14.2. The number of aliphatic hydroxyl groups is 1. The summed E-state index contributed by atoms with van der Waals surface area (Å²) in [6.07, 6.45) is 3.11. The first kappa shape index (κ1) is 23.0. The standard InChI is InChI=1S/C22H37N3O5/c1-6-8-14(4)24-19(28)17-22-12-13(3)21(5,30-22)15(18(27)23-9-7-2)16(22)20(29)25(17)10-11-26/h13-17,26H,6-12H2,1-5H3,(H,23,27)(H,24,28)/t13?,14?,15-,16-,17?,21+,22?/m0/s1. The molecule has 8 heteroatoms. The molecule has 0 aromatic heterocycles. The maximum atomic E-state index is 13.5. The van der Waals surface area contributed by atoms with Crippen molar-refractivity contribution in [1.29, 1.82) is 0 Å². The summed E-state index contributed by atoms with van der Waals surface area (Å²) in [5.74, 6) is -2.04. The maximum absolute atomic E-state index is 13.5. The fraction of sp³-hybridized carbons (Fsp3) is 0.864. The van der Waals surface area contributed by atoms with Crippen molar-refractivity contribution < 1.29 is 24.2 Å². The topological polar surface area (TPSA) is 108 Å². The Morgan fingerprint density at radius 2 is 2.00 bits per heavy atom. The smallest absolute Gasteiger partial charge is 0.246 e. The fourth-order valence-corrected chi connectivity index (χ4v) is 5.97. The number of fused-ring (bicyclic) bond motifs is 1. The van der Waals surface area contributed by atoms with Crippen LogP contribution in [-0.2, 0) is 19.1 Å². The molecule has 1 spiro atoms. The number of nitrogens with zero attached hydrogens (tertiary/aromatic N) is 1. The van der Waals surface area contributed by atoms with Gasteiger partial charge in [-0.3, -0.25) is 14.4 Å². The van der Waals surface area contributed by atoms with E-state index in [0.29, 0.717) is 13.0 Å². The molecule has 0 saturated carbocycles. The fourth-order valence-electron chi connectivity index (χ4n) is 5.97. The number of hydrogen-bond acceptors (Lipinski definition) is 5. The van der Waals surface area contributed by atoms with Gasteiger partial charge in [-0.2, -0.15) is 0 Å². The highest BCUT2D eigenvalue weighted by atomic mass is 16.5. The van der Waals surface area contributed by atoms with Gasteiger partial charge in [0.25, 0.3) is 0 Å². The van der Waals surface area contributed by atoms with Gasteiger partial charge < -0.3 is 25.4 Å². The molecule has 3 rings (SSSR count). The van der Waals surface area contributed by atoms with Crippen molar-refractivity contribution in [3.63, 3.8) is 0 Å². The Hall–Kier alpha value is -1.67.